The number of fused-ring (bicyclic) bond motifs is 1. The molecule has 1 aromatic carbocycles. The summed E-state index contributed by atoms with van der Waals surface area (Å²) in [4.78, 5) is 29.4. The van der Waals surface area contributed by atoms with E-state index in [1.54, 1.807) is 0 Å². The van der Waals surface area contributed by atoms with Crippen LogP contribution < -0.4 is 16.2 Å². The molecule has 0 unspecified atom stereocenters. The molecular weight excluding hydrogens is 416 g/mol. The fourth-order valence-electron chi connectivity index (χ4n) is 2.77. The Morgan fingerprint density at radius 3 is 2.66 bits per heavy atom. The number of esters is 1. The van der Waals surface area contributed by atoms with Crippen LogP contribution in [0, 0.1) is 13.8 Å². The number of benzene rings is 1. The molecular formula is C18H18N4O5S2. The Morgan fingerprint density at radius 1 is 1.24 bits per heavy atom. The van der Waals surface area contributed by atoms with Crippen LogP contribution in [0.25, 0.3) is 10.2 Å². The smallest absolute Gasteiger partial charge is 0.351 e. The molecule has 0 radical (unpaired) electrons. The van der Waals surface area contributed by atoms with Crippen molar-refractivity contribution in [1.29, 1.82) is 0 Å². The average Bonchev–Trinajstić information content (AvgIpc) is 2.96. The molecule has 0 saturated carbocycles. The molecule has 0 fully saturated rings. The highest BCUT2D eigenvalue weighted by Gasteiger charge is 2.21. The number of nitrogens with two attached hydrogens (primary N) is 2. The number of carbonyl (C=O) groups is 2. The quantitative estimate of drug-likeness (QED) is 0.518. The zero-order valence-electron chi connectivity index (χ0n) is 15.6. The lowest BCUT2D eigenvalue weighted by Crippen LogP contribution is -2.21. The van der Waals surface area contributed by atoms with Crippen LogP contribution in [0.2, 0.25) is 0 Å². The van der Waals surface area contributed by atoms with Crippen molar-refractivity contribution in [2.45, 2.75) is 18.7 Å². The molecule has 0 spiro atoms. The van der Waals surface area contributed by atoms with Crippen molar-refractivity contribution in [3.05, 3.63) is 46.5 Å². The van der Waals surface area contributed by atoms with E-state index in [0.717, 1.165) is 22.6 Å². The first-order chi connectivity index (χ1) is 13.6. The first-order valence-electron chi connectivity index (χ1n) is 8.32. The van der Waals surface area contributed by atoms with Crippen molar-refractivity contribution in [3.63, 3.8) is 0 Å². The number of ether oxygens (including phenoxy) is 1. The first-order valence-corrected chi connectivity index (χ1v) is 10.7. The number of hydrogen-bond acceptors (Lipinski definition) is 8. The van der Waals surface area contributed by atoms with Gasteiger partial charge in [0.1, 0.15) is 9.71 Å². The van der Waals surface area contributed by atoms with Crippen molar-refractivity contribution in [2.75, 3.05) is 17.7 Å². The fraction of sp³-hybridized carbons (Fsp3) is 0.167. The minimum Gasteiger partial charge on any atom is -0.451 e. The van der Waals surface area contributed by atoms with Gasteiger partial charge in [0.05, 0.1) is 10.6 Å². The number of nitrogens with one attached hydrogen (secondary N) is 1. The number of primary sulfonamides is 1. The summed E-state index contributed by atoms with van der Waals surface area (Å²) >= 11 is 1.10. The van der Waals surface area contributed by atoms with Gasteiger partial charge in [0, 0.05) is 16.8 Å². The number of anilines is 2. The Kier molecular flexibility index (Phi) is 5.55. The van der Waals surface area contributed by atoms with E-state index in [1.807, 2.05) is 19.9 Å². The number of pyridine rings is 1. The Bertz CT molecular complexity index is 1230. The van der Waals surface area contributed by atoms with Crippen molar-refractivity contribution in [2.24, 2.45) is 5.14 Å². The van der Waals surface area contributed by atoms with E-state index in [-0.39, 0.29) is 21.1 Å². The van der Waals surface area contributed by atoms with Gasteiger partial charge in [0.2, 0.25) is 10.0 Å². The number of rotatable bonds is 5. The molecule has 0 aliphatic heterocycles. The van der Waals surface area contributed by atoms with Gasteiger partial charge < -0.3 is 15.8 Å². The van der Waals surface area contributed by atoms with Crippen molar-refractivity contribution >= 4 is 54.8 Å². The summed E-state index contributed by atoms with van der Waals surface area (Å²) in [7, 11) is -3.90. The molecule has 11 heteroatoms. The van der Waals surface area contributed by atoms with Gasteiger partial charge in [-0.2, -0.15) is 0 Å². The van der Waals surface area contributed by atoms with Gasteiger partial charge in [-0.15, -0.1) is 11.3 Å². The first kappa shape index (κ1) is 20.7. The van der Waals surface area contributed by atoms with Gasteiger partial charge in [-0.25, -0.2) is 23.3 Å². The van der Waals surface area contributed by atoms with Crippen LogP contribution in [0.15, 0.2) is 35.2 Å². The normalized spacial score (nSPS) is 11.4. The molecule has 3 aromatic rings. The third-order valence-corrected chi connectivity index (χ3v) is 5.98. The molecule has 2 heterocycles. The summed E-state index contributed by atoms with van der Waals surface area (Å²) in [6.07, 6.45) is 0. The predicted molar refractivity (Wildman–Crippen MR) is 110 cm³/mol. The van der Waals surface area contributed by atoms with Crippen molar-refractivity contribution in [3.8, 4) is 0 Å². The maximum atomic E-state index is 12.4. The number of sulfonamides is 1. The zero-order valence-corrected chi connectivity index (χ0v) is 17.2. The van der Waals surface area contributed by atoms with Gasteiger partial charge in [0.25, 0.3) is 5.91 Å². The SMILES string of the molecule is Cc1cc(C)c2c(N)c(C(=O)OCC(=O)Nc3cccc(S(N)(=O)=O)c3)sc2n1. The van der Waals surface area contributed by atoms with E-state index in [0.29, 0.717) is 10.2 Å². The van der Waals surface area contributed by atoms with Gasteiger partial charge in [-0.05, 0) is 43.7 Å². The molecule has 0 saturated heterocycles. The largest absolute Gasteiger partial charge is 0.451 e. The third kappa shape index (κ3) is 4.53. The standard InChI is InChI=1S/C18H18N4O5S2/c1-9-6-10(2)21-17-14(9)15(19)16(28-17)18(24)27-8-13(23)22-11-4-3-5-12(7-11)29(20,25)26/h3-7H,8,19H2,1-2H3,(H,22,23)(H2,20,25,26). The summed E-state index contributed by atoms with van der Waals surface area (Å²) in [5.41, 5.74) is 8.25. The van der Waals surface area contributed by atoms with E-state index < -0.39 is 28.5 Å². The van der Waals surface area contributed by atoms with E-state index in [2.05, 4.69) is 10.3 Å². The molecule has 29 heavy (non-hydrogen) atoms. The number of nitrogen functional groups attached to an aromatic ring is 1. The number of carbonyl (C=O) groups excluding carboxylic acids is 2. The van der Waals surface area contributed by atoms with Gasteiger partial charge in [-0.1, -0.05) is 6.07 Å². The molecule has 1 amide bonds. The maximum Gasteiger partial charge on any atom is 0.351 e. The second kappa shape index (κ2) is 7.78. The van der Waals surface area contributed by atoms with E-state index in [1.165, 1.54) is 24.3 Å². The number of thiophene rings is 1. The zero-order chi connectivity index (χ0) is 21.3. The summed E-state index contributed by atoms with van der Waals surface area (Å²) < 4.78 is 27.8. The number of amides is 1. The Balaban J connectivity index is 1.70. The van der Waals surface area contributed by atoms with E-state index in [4.69, 9.17) is 15.6 Å². The Hall–Kier alpha value is -3.02. The fourth-order valence-corrected chi connectivity index (χ4v) is 4.44. The van der Waals surface area contributed by atoms with E-state index in [9.17, 15) is 18.0 Å². The lowest BCUT2D eigenvalue weighted by Gasteiger charge is -2.07. The topological polar surface area (TPSA) is 154 Å². The van der Waals surface area contributed by atoms with Crippen LogP contribution >= 0.6 is 11.3 Å². The molecule has 5 N–H and O–H groups in total. The van der Waals surface area contributed by atoms with Crippen LogP contribution in [0.4, 0.5) is 11.4 Å². The molecule has 152 valence electrons. The molecule has 0 atom stereocenters. The molecule has 0 bridgehead atoms. The highest BCUT2D eigenvalue weighted by molar-refractivity contribution is 7.89. The summed E-state index contributed by atoms with van der Waals surface area (Å²) in [5, 5.41) is 8.19. The highest BCUT2D eigenvalue weighted by atomic mass is 32.2. The highest BCUT2D eigenvalue weighted by Crippen LogP contribution is 2.35. The second-order valence-corrected chi connectivity index (χ2v) is 8.86. The molecule has 9 nitrogen and oxygen atoms in total. The van der Waals surface area contributed by atoms with Gasteiger partial charge in [0.15, 0.2) is 6.61 Å². The lowest BCUT2D eigenvalue weighted by molar-refractivity contribution is -0.119. The van der Waals surface area contributed by atoms with Crippen LogP contribution in [-0.2, 0) is 19.6 Å². The minimum absolute atomic E-state index is 0.150. The molecule has 3 rings (SSSR count). The number of aromatic nitrogens is 1. The second-order valence-electron chi connectivity index (χ2n) is 6.30. The average molecular weight is 434 g/mol. The van der Waals surface area contributed by atoms with Crippen LogP contribution in [0.3, 0.4) is 0 Å². The van der Waals surface area contributed by atoms with Gasteiger partial charge in [-0.3, -0.25) is 4.79 Å². The van der Waals surface area contributed by atoms with Crippen LogP contribution in [0.1, 0.15) is 20.9 Å². The lowest BCUT2D eigenvalue weighted by atomic mass is 10.1. The minimum atomic E-state index is -3.90. The predicted octanol–water partition coefficient (Wildman–Crippen LogP) is 1.94. The summed E-state index contributed by atoms with van der Waals surface area (Å²) in [6, 6.07) is 7.28. The summed E-state index contributed by atoms with van der Waals surface area (Å²) in [6.45, 7) is 3.14. The Labute approximate surface area is 170 Å². The monoisotopic (exact) mass is 434 g/mol. The Morgan fingerprint density at radius 2 is 1.97 bits per heavy atom. The van der Waals surface area contributed by atoms with Crippen molar-refractivity contribution in [1.82, 2.24) is 4.98 Å². The van der Waals surface area contributed by atoms with Crippen molar-refractivity contribution < 1.29 is 22.7 Å². The van der Waals surface area contributed by atoms with Gasteiger partial charge >= 0.3 is 5.97 Å². The molecule has 2 aromatic heterocycles. The van der Waals surface area contributed by atoms with E-state index >= 15 is 0 Å². The molecule has 0 aliphatic rings. The summed E-state index contributed by atoms with van der Waals surface area (Å²) in [5.74, 6) is -1.38. The maximum absolute atomic E-state index is 12.4. The number of nitrogens with zero attached hydrogens (tertiary/aromatic N) is 1. The molecule has 0 aliphatic carbocycles. The van der Waals surface area contributed by atoms with Crippen LogP contribution in [-0.4, -0.2) is 31.9 Å². The third-order valence-electron chi connectivity index (χ3n) is 3.99. The number of aryl methyl sites for hydroxylation is 2. The van der Waals surface area contributed by atoms with Crippen LogP contribution in [0.5, 0.6) is 0 Å². The number of hydrogen-bond donors (Lipinski definition) is 3.